The number of benzene rings is 1. The fourth-order valence-electron chi connectivity index (χ4n) is 2.13. The lowest BCUT2D eigenvalue weighted by Crippen LogP contribution is -2.24. The van der Waals surface area contributed by atoms with E-state index in [4.69, 9.17) is 5.26 Å². The number of nitrogens with zero attached hydrogens (tertiary/aromatic N) is 3. The van der Waals surface area contributed by atoms with Gasteiger partial charge in [0.25, 0.3) is 0 Å². The van der Waals surface area contributed by atoms with Crippen molar-refractivity contribution in [2.24, 2.45) is 0 Å². The average Bonchev–Trinajstić information content (AvgIpc) is 2.89. The van der Waals surface area contributed by atoms with Crippen LogP contribution < -0.4 is 5.32 Å². The van der Waals surface area contributed by atoms with Gasteiger partial charge in [0.05, 0.1) is 29.6 Å². The van der Waals surface area contributed by atoms with Gasteiger partial charge in [-0.15, -0.1) is 0 Å². The molecule has 0 saturated heterocycles. The van der Waals surface area contributed by atoms with Crippen molar-refractivity contribution in [1.29, 1.82) is 5.26 Å². The Labute approximate surface area is 123 Å². The van der Waals surface area contributed by atoms with Gasteiger partial charge in [0.2, 0.25) is 5.91 Å². The van der Waals surface area contributed by atoms with Crippen LogP contribution >= 0.6 is 0 Å². The first-order valence-electron chi connectivity index (χ1n) is 6.54. The maximum absolute atomic E-state index is 11.4. The Hall–Kier alpha value is -2.87. The van der Waals surface area contributed by atoms with Gasteiger partial charge in [-0.1, -0.05) is 6.58 Å². The Balaban J connectivity index is 2.29. The molecule has 1 unspecified atom stereocenters. The van der Waals surface area contributed by atoms with Gasteiger partial charge in [-0.05, 0) is 44.2 Å². The normalized spacial score (nSPS) is 11.5. The highest BCUT2D eigenvalue weighted by Gasteiger charge is 2.15. The molecule has 1 aromatic carbocycles. The molecule has 0 saturated carbocycles. The van der Waals surface area contributed by atoms with E-state index < -0.39 is 0 Å². The predicted molar refractivity (Wildman–Crippen MR) is 79.8 cm³/mol. The fourth-order valence-corrected chi connectivity index (χ4v) is 2.13. The summed E-state index contributed by atoms with van der Waals surface area (Å²) in [5, 5.41) is 16.0. The van der Waals surface area contributed by atoms with Crippen molar-refractivity contribution in [2.75, 3.05) is 0 Å². The Morgan fingerprint density at radius 1 is 1.48 bits per heavy atom. The second-order valence-corrected chi connectivity index (χ2v) is 4.69. The molecular weight excluding hydrogens is 264 g/mol. The number of amides is 1. The topological polar surface area (TPSA) is 70.7 Å². The van der Waals surface area contributed by atoms with Crippen LogP contribution in [0.25, 0.3) is 5.69 Å². The first-order chi connectivity index (χ1) is 10.1. The minimum Gasteiger partial charge on any atom is -0.346 e. The molecule has 1 aromatic heterocycles. The number of aromatic nitrogens is 2. The van der Waals surface area contributed by atoms with Gasteiger partial charge in [0.15, 0.2) is 0 Å². The third-order valence-corrected chi connectivity index (χ3v) is 3.30. The number of carbonyl (C=O) groups excluding carboxylic acids is 1. The van der Waals surface area contributed by atoms with Crippen molar-refractivity contribution < 1.29 is 4.79 Å². The number of rotatable bonds is 4. The summed E-state index contributed by atoms with van der Waals surface area (Å²) >= 11 is 0. The molecule has 0 spiro atoms. The Morgan fingerprint density at radius 3 is 2.71 bits per heavy atom. The zero-order valence-electron chi connectivity index (χ0n) is 12.0. The first-order valence-corrected chi connectivity index (χ1v) is 6.54. The number of nitriles is 1. The molecule has 2 aromatic rings. The zero-order valence-corrected chi connectivity index (χ0v) is 12.0. The molecule has 5 nitrogen and oxygen atoms in total. The Kier molecular flexibility index (Phi) is 4.19. The molecule has 0 bridgehead atoms. The third kappa shape index (κ3) is 3.00. The second-order valence-electron chi connectivity index (χ2n) is 4.69. The van der Waals surface area contributed by atoms with Gasteiger partial charge >= 0.3 is 0 Å². The molecule has 106 valence electrons. The minimum absolute atomic E-state index is 0.150. The maximum Gasteiger partial charge on any atom is 0.243 e. The molecule has 1 amide bonds. The Bertz CT molecular complexity index is 707. The van der Waals surface area contributed by atoms with Crippen molar-refractivity contribution in [3.05, 3.63) is 59.9 Å². The lowest BCUT2D eigenvalue weighted by atomic mass is 10.1. The van der Waals surface area contributed by atoms with Gasteiger partial charge < -0.3 is 5.32 Å². The van der Waals surface area contributed by atoms with Gasteiger partial charge in [-0.3, -0.25) is 4.79 Å². The second kappa shape index (κ2) is 6.06. The number of carbonyl (C=O) groups is 1. The number of hydrogen-bond donors (Lipinski definition) is 1. The summed E-state index contributed by atoms with van der Waals surface area (Å²) in [5.74, 6) is -0.215. The van der Waals surface area contributed by atoms with E-state index in [2.05, 4.69) is 23.1 Å². The molecule has 21 heavy (non-hydrogen) atoms. The maximum atomic E-state index is 11.4. The third-order valence-electron chi connectivity index (χ3n) is 3.30. The van der Waals surface area contributed by atoms with Gasteiger partial charge in [-0.25, -0.2) is 4.68 Å². The average molecular weight is 280 g/mol. The molecule has 1 atom stereocenters. The number of hydrogen-bond acceptors (Lipinski definition) is 3. The molecule has 0 aliphatic rings. The van der Waals surface area contributed by atoms with Crippen LogP contribution in [0.3, 0.4) is 0 Å². The monoisotopic (exact) mass is 280 g/mol. The summed E-state index contributed by atoms with van der Waals surface area (Å²) in [6.45, 7) is 7.28. The quantitative estimate of drug-likeness (QED) is 0.874. The summed E-state index contributed by atoms with van der Waals surface area (Å²) in [4.78, 5) is 11.4. The van der Waals surface area contributed by atoms with Gasteiger partial charge in [-0.2, -0.15) is 10.4 Å². The molecule has 1 N–H and O–H groups in total. The molecular formula is C16H16N4O. The minimum atomic E-state index is -0.215. The van der Waals surface area contributed by atoms with E-state index in [1.807, 2.05) is 26.0 Å². The van der Waals surface area contributed by atoms with Crippen LogP contribution in [0.5, 0.6) is 0 Å². The molecule has 0 fully saturated rings. The highest BCUT2D eigenvalue weighted by molar-refractivity contribution is 5.87. The Morgan fingerprint density at radius 2 is 2.14 bits per heavy atom. The van der Waals surface area contributed by atoms with Crippen LogP contribution in [0.1, 0.15) is 29.8 Å². The largest absolute Gasteiger partial charge is 0.346 e. The van der Waals surface area contributed by atoms with Crippen molar-refractivity contribution in [2.45, 2.75) is 19.9 Å². The summed E-state index contributed by atoms with van der Waals surface area (Å²) in [6, 6.07) is 9.12. The van der Waals surface area contributed by atoms with Crippen LogP contribution in [-0.2, 0) is 4.79 Å². The fraction of sp³-hybridized carbons (Fsp3) is 0.188. The predicted octanol–water partition coefficient (Wildman–Crippen LogP) is 2.42. The highest BCUT2D eigenvalue weighted by Crippen LogP contribution is 2.20. The van der Waals surface area contributed by atoms with Crippen molar-refractivity contribution >= 4 is 5.91 Å². The van der Waals surface area contributed by atoms with Crippen LogP contribution in [-0.4, -0.2) is 15.7 Å². The van der Waals surface area contributed by atoms with Gasteiger partial charge in [0, 0.05) is 11.3 Å². The summed E-state index contributed by atoms with van der Waals surface area (Å²) in [5.41, 5.74) is 3.36. The zero-order chi connectivity index (χ0) is 15.4. The van der Waals surface area contributed by atoms with E-state index >= 15 is 0 Å². The van der Waals surface area contributed by atoms with E-state index in [1.165, 1.54) is 6.08 Å². The standard InChI is InChI=1S/C16H16N4O/c1-4-16(21)19-11(2)15-10-18-20(12(15)3)14-7-5-13(9-17)6-8-14/h4-8,10-11H,1H2,2-3H3,(H,19,21). The van der Waals surface area contributed by atoms with E-state index in [-0.39, 0.29) is 11.9 Å². The molecule has 0 radical (unpaired) electrons. The van der Waals surface area contributed by atoms with Crippen LogP contribution in [0.4, 0.5) is 0 Å². The van der Waals surface area contributed by atoms with Crippen LogP contribution in [0.15, 0.2) is 43.1 Å². The van der Waals surface area contributed by atoms with E-state index in [0.717, 1.165) is 16.9 Å². The molecule has 0 aliphatic carbocycles. The smallest absolute Gasteiger partial charge is 0.243 e. The van der Waals surface area contributed by atoms with Gasteiger partial charge in [0.1, 0.15) is 0 Å². The first kappa shape index (κ1) is 14.5. The van der Waals surface area contributed by atoms with E-state index in [9.17, 15) is 4.79 Å². The van der Waals surface area contributed by atoms with Crippen LogP contribution in [0, 0.1) is 18.3 Å². The van der Waals surface area contributed by atoms with E-state index in [0.29, 0.717) is 5.56 Å². The summed E-state index contributed by atoms with van der Waals surface area (Å²) < 4.78 is 1.78. The lowest BCUT2D eigenvalue weighted by Gasteiger charge is -2.12. The summed E-state index contributed by atoms with van der Waals surface area (Å²) in [7, 11) is 0. The van der Waals surface area contributed by atoms with Crippen molar-refractivity contribution in [3.63, 3.8) is 0 Å². The lowest BCUT2D eigenvalue weighted by molar-refractivity contribution is -0.117. The van der Waals surface area contributed by atoms with Crippen molar-refractivity contribution in [1.82, 2.24) is 15.1 Å². The molecule has 1 heterocycles. The molecule has 5 heteroatoms. The summed E-state index contributed by atoms with van der Waals surface area (Å²) in [6.07, 6.45) is 2.98. The SMILES string of the molecule is C=CC(=O)NC(C)c1cnn(-c2ccc(C#N)cc2)c1C. The van der Waals surface area contributed by atoms with Crippen LogP contribution in [0.2, 0.25) is 0 Å². The highest BCUT2D eigenvalue weighted by atomic mass is 16.1. The van der Waals surface area contributed by atoms with Crippen molar-refractivity contribution in [3.8, 4) is 11.8 Å². The number of nitrogens with one attached hydrogen (secondary N) is 1. The van der Waals surface area contributed by atoms with E-state index in [1.54, 1.807) is 23.0 Å². The molecule has 2 rings (SSSR count). The molecule has 0 aliphatic heterocycles.